The summed E-state index contributed by atoms with van der Waals surface area (Å²) in [5, 5.41) is 10.0. The number of ether oxygens (including phenoxy) is 2. The van der Waals surface area contributed by atoms with Crippen molar-refractivity contribution in [2.24, 2.45) is 0 Å². The van der Waals surface area contributed by atoms with E-state index in [1.165, 1.54) is 14.2 Å². The molecule has 2 heterocycles. The molecule has 7 nitrogen and oxygen atoms in total. The molecule has 0 aliphatic heterocycles. The Bertz CT molecular complexity index is 1050. The number of aromatic nitrogens is 3. The highest BCUT2D eigenvalue weighted by molar-refractivity contribution is 6.33. The molecular formula is C18H16ClF3N4O3. The van der Waals surface area contributed by atoms with Crippen LogP contribution in [0, 0.1) is 0 Å². The molecule has 2 aromatic heterocycles. The van der Waals surface area contributed by atoms with Crippen LogP contribution in [0.3, 0.4) is 0 Å². The van der Waals surface area contributed by atoms with Crippen molar-refractivity contribution >= 4 is 23.2 Å². The maximum Gasteiger partial charge on any atom is 0.417 e. The Morgan fingerprint density at radius 2 is 1.97 bits per heavy atom. The molecule has 154 valence electrons. The zero-order valence-corrected chi connectivity index (χ0v) is 16.1. The summed E-state index contributed by atoms with van der Waals surface area (Å²) in [6.07, 6.45) is -3.73. The van der Waals surface area contributed by atoms with Gasteiger partial charge in [0.05, 0.1) is 37.8 Å². The molecule has 0 unspecified atom stereocenters. The molecule has 0 saturated heterocycles. The van der Waals surface area contributed by atoms with Crippen LogP contribution >= 0.6 is 11.6 Å². The number of alkyl halides is 3. The minimum atomic E-state index is -4.58. The minimum absolute atomic E-state index is 0.00153. The predicted molar refractivity (Wildman–Crippen MR) is 98.1 cm³/mol. The molecule has 1 amide bonds. The van der Waals surface area contributed by atoms with E-state index in [9.17, 15) is 18.0 Å². The van der Waals surface area contributed by atoms with Gasteiger partial charge in [0.15, 0.2) is 11.5 Å². The fourth-order valence-corrected chi connectivity index (χ4v) is 2.93. The highest BCUT2D eigenvalue weighted by atomic mass is 35.5. The maximum absolute atomic E-state index is 13.0. The molecule has 0 atom stereocenters. The molecule has 29 heavy (non-hydrogen) atoms. The van der Waals surface area contributed by atoms with Gasteiger partial charge in [0, 0.05) is 17.8 Å². The minimum Gasteiger partial charge on any atom is -0.497 e. The number of nitrogens with zero attached hydrogens (tertiary/aromatic N) is 3. The molecule has 0 saturated carbocycles. The predicted octanol–water partition coefficient (Wildman–Crippen LogP) is 3.28. The van der Waals surface area contributed by atoms with E-state index in [2.05, 4.69) is 15.5 Å². The van der Waals surface area contributed by atoms with Crippen molar-refractivity contribution in [1.82, 2.24) is 19.9 Å². The molecule has 0 aliphatic carbocycles. The molecule has 1 N–H and O–H groups in total. The Hall–Kier alpha value is -3.01. The van der Waals surface area contributed by atoms with Crippen LogP contribution in [0.1, 0.15) is 17.0 Å². The first-order chi connectivity index (χ1) is 13.7. The van der Waals surface area contributed by atoms with Crippen molar-refractivity contribution in [3.05, 3.63) is 52.4 Å². The lowest BCUT2D eigenvalue weighted by atomic mass is 10.1. The monoisotopic (exact) mass is 428 g/mol. The fourth-order valence-electron chi connectivity index (χ4n) is 2.69. The third-order valence-corrected chi connectivity index (χ3v) is 4.42. The van der Waals surface area contributed by atoms with Gasteiger partial charge in [-0.2, -0.15) is 13.2 Å². The second kappa shape index (κ2) is 8.16. The smallest absolute Gasteiger partial charge is 0.417 e. The first-order valence-electron chi connectivity index (χ1n) is 8.31. The average molecular weight is 429 g/mol. The van der Waals surface area contributed by atoms with Gasteiger partial charge in [-0.1, -0.05) is 17.7 Å². The molecule has 11 heteroatoms. The summed E-state index contributed by atoms with van der Waals surface area (Å²) in [7, 11) is 2.99. The summed E-state index contributed by atoms with van der Waals surface area (Å²) in [5.41, 5.74) is -0.245. The van der Waals surface area contributed by atoms with Crippen LogP contribution < -0.4 is 14.8 Å². The molecule has 0 bridgehead atoms. The standard InChI is InChI=1S/C18H16ClF3N4O3/c1-28-12-4-3-10(14(7-12)29-2)5-16(27)23-8-15-24-25-17-13(19)6-11(9-26(15)17)18(20,21)22/h3-4,6-7,9H,5,8H2,1-2H3,(H,23,27). The van der Waals surface area contributed by atoms with E-state index in [1.807, 2.05) is 0 Å². The highest BCUT2D eigenvalue weighted by Gasteiger charge is 2.32. The van der Waals surface area contributed by atoms with E-state index >= 15 is 0 Å². The van der Waals surface area contributed by atoms with Crippen molar-refractivity contribution < 1.29 is 27.4 Å². The normalized spacial score (nSPS) is 11.5. The molecule has 0 radical (unpaired) electrons. The zero-order valence-electron chi connectivity index (χ0n) is 15.4. The Morgan fingerprint density at radius 3 is 2.62 bits per heavy atom. The van der Waals surface area contributed by atoms with Gasteiger partial charge in [0.25, 0.3) is 0 Å². The second-order valence-electron chi connectivity index (χ2n) is 6.02. The number of hydrogen-bond acceptors (Lipinski definition) is 5. The number of methoxy groups -OCH3 is 2. The molecule has 3 aromatic rings. The topological polar surface area (TPSA) is 77.8 Å². The first-order valence-corrected chi connectivity index (χ1v) is 8.68. The number of halogens is 4. The summed E-state index contributed by atoms with van der Waals surface area (Å²) in [5.74, 6) is 0.804. The van der Waals surface area contributed by atoms with E-state index in [0.29, 0.717) is 17.1 Å². The molecule has 0 aliphatic rings. The zero-order chi connectivity index (χ0) is 21.2. The van der Waals surface area contributed by atoms with Crippen molar-refractivity contribution in [3.63, 3.8) is 0 Å². The van der Waals surface area contributed by atoms with Crippen molar-refractivity contribution in [1.29, 1.82) is 0 Å². The molecular weight excluding hydrogens is 413 g/mol. The van der Waals surface area contributed by atoms with Gasteiger partial charge in [0.1, 0.15) is 11.5 Å². The largest absolute Gasteiger partial charge is 0.497 e. The fraction of sp³-hybridized carbons (Fsp3) is 0.278. The number of carbonyl (C=O) groups excluding carboxylic acids is 1. The summed E-state index contributed by atoms with van der Waals surface area (Å²) in [6, 6.07) is 5.82. The maximum atomic E-state index is 13.0. The number of nitrogens with one attached hydrogen (secondary N) is 1. The summed E-state index contributed by atoms with van der Waals surface area (Å²) in [4.78, 5) is 12.3. The molecule has 0 fully saturated rings. The van der Waals surface area contributed by atoms with E-state index in [0.717, 1.165) is 16.7 Å². The SMILES string of the molecule is COc1ccc(CC(=O)NCc2nnc3c(Cl)cc(C(F)(F)F)cn23)c(OC)c1. The van der Waals surface area contributed by atoms with Gasteiger partial charge >= 0.3 is 6.18 Å². The van der Waals surface area contributed by atoms with Crippen molar-refractivity contribution in [2.75, 3.05) is 14.2 Å². The van der Waals surface area contributed by atoms with Crippen LogP contribution in [-0.4, -0.2) is 34.7 Å². The number of benzene rings is 1. The quantitative estimate of drug-likeness (QED) is 0.652. The van der Waals surface area contributed by atoms with Gasteiger partial charge in [-0.25, -0.2) is 0 Å². The lowest BCUT2D eigenvalue weighted by molar-refractivity contribution is -0.137. The van der Waals surface area contributed by atoms with Crippen LogP contribution in [0.4, 0.5) is 13.2 Å². The molecule has 0 spiro atoms. The van der Waals surface area contributed by atoms with Gasteiger partial charge in [-0.3, -0.25) is 9.20 Å². The van der Waals surface area contributed by atoms with Gasteiger partial charge in [-0.05, 0) is 12.1 Å². The highest BCUT2D eigenvalue weighted by Crippen LogP contribution is 2.32. The summed E-state index contributed by atoms with van der Waals surface area (Å²) in [6.45, 7) is -0.129. The van der Waals surface area contributed by atoms with Crippen molar-refractivity contribution in [2.45, 2.75) is 19.1 Å². The summed E-state index contributed by atoms with van der Waals surface area (Å²) < 4.78 is 50.5. The van der Waals surface area contributed by atoms with E-state index in [-0.39, 0.29) is 35.4 Å². The lowest BCUT2D eigenvalue weighted by Gasteiger charge is -2.11. The average Bonchev–Trinajstić information content (AvgIpc) is 3.09. The van der Waals surface area contributed by atoms with Crippen LogP contribution in [0.2, 0.25) is 5.02 Å². The number of pyridine rings is 1. The summed E-state index contributed by atoms with van der Waals surface area (Å²) >= 11 is 5.87. The third kappa shape index (κ3) is 4.53. The number of carbonyl (C=O) groups is 1. The third-order valence-electron chi connectivity index (χ3n) is 4.15. The Labute approximate surface area is 168 Å². The van der Waals surface area contributed by atoms with E-state index in [4.69, 9.17) is 21.1 Å². The number of hydrogen-bond donors (Lipinski definition) is 1. The van der Waals surface area contributed by atoms with Crippen LogP contribution in [0.5, 0.6) is 11.5 Å². The first kappa shape index (κ1) is 20.7. The lowest BCUT2D eigenvalue weighted by Crippen LogP contribution is -2.26. The second-order valence-corrected chi connectivity index (χ2v) is 6.42. The molecule has 1 aromatic carbocycles. The Morgan fingerprint density at radius 1 is 1.21 bits per heavy atom. The van der Waals surface area contributed by atoms with Crippen molar-refractivity contribution in [3.8, 4) is 11.5 Å². The molecule has 3 rings (SSSR count). The Balaban J connectivity index is 1.75. The Kier molecular flexibility index (Phi) is 5.83. The van der Waals surface area contributed by atoms with E-state index < -0.39 is 11.7 Å². The van der Waals surface area contributed by atoms with Crippen LogP contribution in [-0.2, 0) is 23.9 Å². The van der Waals surface area contributed by atoms with Gasteiger partial charge < -0.3 is 14.8 Å². The van der Waals surface area contributed by atoms with Gasteiger partial charge in [-0.15, -0.1) is 10.2 Å². The number of rotatable bonds is 6. The van der Waals surface area contributed by atoms with Crippen LogP contribution in [0.15, 0.2) is 30.5 Å². The van der Waals surface area contributed by atoms with Crippen LogP contribution in [0.25, 0.3) is 5.65 Å². The van der Waals surface area contributed by atoms with E-state index in [1.54, 1.807) is 18.2 Å². The van der Waals surface area contributed by atoms with Gasteiger partial charge in [0.2, 0.25) is 5.91 Å². The number of amides is 1. The number of fused-ring (bicyclic) bond motifs is 1.